The second-order valence-electron chi connectivity index (χ2n) is 4.09. The molecule has 0 aliphatic heterocycles. The number of hydrogen-bond acceptors (Lipinski definition) is 4. The summed E-state index contributed by atoms with van der Waals surface area (Å²) in [6.07, 6.45) is -20.3. The summed E-state index contributed by atoms with van der Waals surface area (Å²) < 4.78 is 183. The van der Waals surface area contributed by atoms with E-state index in [-0.39, 0.29) is 0 Å². The summed E-state index contributed by atoms with van der Waals surface area (Å²) in [6, 6.07) is 0. The average Bonchev–Trinajstić information content (AvgIpc) is 2.42. The zero-order chi connectivity index (χ0) is 23.1. The molecule has 0 aromatic heterocycles. The molecular weight excluding hydrogens is 572 g/mol. The third-order valence-corrected chi connectivity index (χ3v) is 5.43. The van der Waals surface area contributed by atoms with Gasteiger partial charge >= 0.3 is 148 Å². The van der Waals surface area contributed by atoms with Crippen molar-refractivity contribution in [3.05, 3.63) is 0 Å². The molecule has 0 N–H and O–H groups in total. The molecule has 20 heteroatoms. The van der Waals surface area contributed by atoms with Crippen molar-refractivity contribution in [2.75, 3.05) is 0 Å². The molecule has 0 heterocycles. The first-order valence-electron chi connectivity index (χ1n) is 5.40. The number of hydrogen-bond donors (Lipinski definition) is 0. The molecule has 0 saturated carbocycles. The van der Waals surface area contributed by atoms with Gasteiger partial charge in [0.25, 0.3) is 0 Å². The van der Waals surface area contributed by atoms with Gasteiger partial charge < -0.3 is 0 Å². The molecule has 0 atom stereocenters. The van der Waals surface area contributed by atoms with Crippen LogP contribution in [0.4, 0.5) is 65.9 Å². The minimum absolute atomic E-state index is 2.46. The Morgan fingerprint density at radius 1 is 0.536 bits per heavy atom. The quantitative estimate of drug-likeness (QED) is 0.266. The van der Waals surface area contributed by atoms with E-state index < -0.39 is 66.9 Å². The molecule has 0 bridgehead atoms. The van der Waals surface area contributed by atoms with Crippen LogP contribution in [0.2, 0.25) is 0 Å². The van der Waals surface area contributed by atoms with Gasteiger partial charge in [-0.25, -0.2) is 0 Å². The Balaban J connectivity index is 6.30. The van der Waals surface area contributed by atoms with E-state index >= 15 is 0 Å². The second-order valence-corrected chi connectivity index (χ2v) is 7.56. The van der Waals surface area contributed by atoms with E-state index in [1.807, 2.05) is 0 Å². The first-order chi connectivity index (χ1) is 11.9. The van der Waals surface area contributed by atoms with Crippen LogP contribution in [0.3, 0.4) is 0 Å². The molecule has 0 spiro atoms. The molecule has 4 nitrogen and oxygen atoms in total. The summed E-state index contributed by atoms with van der Waals surface area (Å²) >= 11 is -7.48. The van der Waals surface area contributed by atoms with Gasteiger partial charge in [-0.1, -0.05) is 0 Å². The van der Waals surface area contributed by atoms with E-state index in [9.17, 15) is 75.4 Å². The fraction of sp³-hybridized carbons (Fsp3) is 0.750. The van der Waals surface area contributed by atoms with Crippen molar-refractivity contribution in [3.63, 3.8) is 0 Å². The van der Waals surface area contributed by atoms with Gasteiger partial charge in [-0.2, -0.15) is 0 Å². The zero-order valence-electron chi connectivity index (χ0n) is 11.7. The topological polar surface area (TPSA) is 52.6 Å². The summed E-state index contributed by atoms with van der Waals surface area (Å²) in [4.78, 5) is 20.7. The summed E-state index contributed by atoms with van der Waals surface area (Å²) in [5.74, 6) is -23.6. The Hall–Kier alpha value is -1.38. The Kier molecular flexibility index (Phi) is 7.09. The first-order valence-corrected chi connectivity index (χ1v) is 8.24. The van der Waals surface area contributed by atoms with Gasteiger partial charge in [0, 0.05) is 0 Å². The summed E-state index contributed by atoms with van der Waals surface area (Å²) in [6.45, 7) is 0. The van der Waals surface area contributed by atoms with Crippen molar-refractivity contribution in [2.45, 2.75) is 34.3 Å². The van der Waals surface area contributed by atoms with E-state index in [0.717, 1.165) is 0 Å². The third kappa shape index (κ3) is 5.15. The number of alkyl halides is 16. The zero-order valence-corrected chi connectivity index (χ0v) is 13.8. The van der Waals surface area contributed by atoms with Crippen molar-refractivity contribution >= 4 is 32.6 Å². The van der Waals surface area contributed by atoms with Crippen molar-refractivity contribution in [3.8, 4) is 0 Å². The predicted octanol–water partition coefficient (Wildman–Crippen LogP) is 4.96. The van der Waals surface area contributed by atoms with Crippen LogP contribution in [-0.2, 0) is 15.7 Å². The molecule has 0 aliphatic rings. The fourth-order valence-corrected chi connectivity index (χ4v) is 3.54. The third-order valence-electron chi connectivity index (χ3n) is 2.04. The van der Waals surface area contributed by atoms with Crippen LogP contribution in [0.15, 0.2) is 0 Å². The maximum atomic E-state index is 13.4. The Morgan fingerprint density at radius 3 is 1.04 bits per heavy atom. The van der Waals surface area contributed by atoms with Crippen LogP contribution in [0.25, 0.3) is 0 Å². The van der Waals surface area contributed by atoms with Gasteiger partial charge in [-0.15, -0.1) is 0 Å². The Bertz CT molecular complexity index is 575. The maximum absolute atomic E-state index is 13.4. The van der Waals surface area contributed by atoms with Gasteiger partial charge in [0.2, 0.25) is 0 Å². The molecule has 0 radical (unpaired) electrons. The molecule has 0 rings (SSSR count). The van der Waals surface area contributed by atoms with Gasteiger partial charge in [0.1, 0.15) is 0 Å². The van der Waals surface area contributed by atoms with Gasteiger partial charge in [0.15, 0.2) is 0 Å². The number of carbonyl (C=O) groups excluding carboxylic acids is 2. The monoisotopic (exact) mass is 572 g/mol. The van der Waals surface area contributed by atoms with Crippen molar-refractivity contribution < 1.29 is 81.6 Å². The van der Waals surface area contributed by atoms with Gasteiger partial charge in [0.05, 0.1) is 0 Å². The molecule has 0 aromatic rings. The van der Waals surface area contributed by atoms with Crippen LogP contribution in [0.5, 0.6) is 0 Å². The molecule has 0 unspecified atom stereocenters. The summed E-state index contributed by atoms with van der Waals surface area (Å²) in [7, 11) is 0. The number of rotatable bonds is 5. The van der Waals surface area contributed by atoms with Crippen LogP contribution in [0, 0.1) is 0 Å². The van der Waals surface area contributed by atoms with Crippen LogP contribution in [-0.4, -0.2) is 46.2 Å². The van der Waals surface area contributed by atoms with E-state index in [0.29, 0.717) is 0 Å². The van der Waals surface area contributed by atoms with Crippen molar-refractivity contribution in [1.82, 2.24) is 0 Å². The molecule has 0 aliphatic carbocycles. The molecule has 0 amide bonds. The van der Waals surface area contributed by atoms with Gasteiger partial charge in [-0.05, 0) is 0 Å². The van der Waals surface area contributed by atoms with Crippen LogP contribution in [0.1, 0.15) is 0 Å². The molecule has 0 aromatic carbocycles. The SMILES string of the molecule is O=C(OI(OC(=O)C(F)(F)F)C(F)(F)C(F)(F)C(F)(F)C(F)(F)F)C(F)(F)F. The summed E-state index contributed by atoms with van der Waals surface area (Å²) in [5.41, 5.74) is 0. The van der Waals surface area contributed by atoms with Crippen molar-refractivity contribution in [2.24, 2.45) is 0 Å². The van der Waals surface area contributed by atoms with E-state index in [4.69, 9.17) is 0 Å². The average molecular weight is 572 g/mol. The second kappa shape index (κ2) is 7.46. The fourth-order valence-electron chi connectivity index (χ4n) is 0.780. The number of halogens is 16. The van der Waals surface area contributed by atoms with E-state index in [2.05, 4.69) is 6.13 Å². The Morgan fingerprint density at radius 2 is 0.821 bits per heavy atom. The predicted molar refractivity (Wildman–Crippen MR) is 59.2 cm³/mol. The number of carbonyl (C=O) groups is 2. The van der Waals surface area contributed by atoms with Crippen LogP contribution < -0.4 is 0 Å². The molecule has 0 saturated heterocycles. The molecule has 28 heavy (non-hydrogen) atoms. The van der Waals surface area contributed by atoms with E-state index in [1.165, 1.54) is 0 Å². The standard InChI is InChI=1S/C8F15IO4/c9-3(10,11)1(25)27-24(28-2(26)4(12,13)14)8(22,23)6(17,18)5(15,16)7(19,20)21. The normalized spacial score (nSPS) is 15.2. The van der Waals surface area contributed by atoms with Crippen molar-refractivity contribution in [1.29, 1.82) is 0 Å². The molecular formula is C8F15IO4. The Labute approximate surface area is 149 Å². The minimum atomic E-state index is -7.79. The van der Waals surface area contributed by atoms with Crippen LogP contribution >= 0.6 is 20.6 Å². The van der Waals surface area contributed by atoms with E-state index in [1.54, 1.807) is 0 Å². The molecule has 168 valence electrons. The molecule has 0 fully saturated rings. The first kappa shape index (κ1) is 26.6. The van der Waals surface area contributed by atoms with Gasteiger partial charge in [-0.3, -0.25) is 0 Å². The summed E-state index contributed by atoms with van der Waals surface area (Å²) in [5, 5.41) is 0.